The number of rotatable bonds is 7. The summed E-state index contributed by atoms with van der Waals surface area (Å²) in [7, 11) is -7.94. The van der Waals surface area contributed by atoms with Crippen molar-refractivity contribution in [2.75, 3.05) is 23.4 Å². The number of benzene rings is 1. The quantitative estimate of drug-likeness (QED) is 0.821. The van der Waals surface area contributed by atoms with E-state index in [9.17, 15) is 25.6 Å². The summed E-state index contributed by atoms with van der Waals surface area (Å²) in [5, 5.41) is 2.57. The smallest absolute Gasteiger partial charge is 0.341 e. The van der Waals surface area contributed by atoms with Crippen LogP contribution in [-0.2, 0) is 19.7 Å². The maximum atomic E-state index is 12.5. The molecule has 0 saturated heterocycles. The van der Waals surface area contributed by atoms with Gasteiger partial charge in [-0.3, -0.25) is 0 Å². The van der Waals surface area contributed by atoms with E-state index in [1.54, 1.807) is 0 Å². The van der Waals surface area contributed by atoms with E-state index in [-0.39, 0.29) is 23.7 Å². The Hall–Kier alpha value is -1.22. The van der Waals surface area contributed by atoms with Gasteiger partial charge in [0.2, 0.25) is 9.84 Å². The third-order valence-electron chi connectivity index (χ3n) is 2.60. The average Bonchev–Trinajstić information content (AvgIpc) is 2.39. The molecule has 0 fully saturated rings. The maximum absolute atomic E-state index is 12.5. The van der Waals surface area contributed by atoms with Gasteiger partial charge in [-0.2, -0.15) is 8.78 Å². The first-order valence-electron chi connectivity index (χ1n) is 5.76. The van der Waals surface area contributed by atoms with Crippen molar-refractivity contribution < 1.29 is 25.6 Å². The Kier molecular flexibility index (Phi) is 5.46. The van der Waals surface area contributed by atoms with E-state index >= 15 is 0 Å². The van der Waals surface area contributed by atoms with Gasteiger partial charge < -0.3 is 5.32 Å². The molecule has 0 amide bonds. The van der Waals surface area contributed by atoms with Gasteiger partial charge in [0.15, 0.2) is 9.84 Å². The zero-order valence-electron chi connectivity index (χ0n) is 10.7. The SMILES string of the molecule is CCS(=O)(=O)CCNc1ccccc1S(=O)(=O)C(F)F. The van der Waals surface area contributed by atoms with Crippen molar-refractivity contribution in [2.45, 2.75) is 17.6 Å². The minimum absolute atomic E-state index is 0.0286. The van der Waals surface area contributed by atoms with E-state index in [1.807, 2.05) is 0 Å². The molecule has 0 heterocycles. The molecule has 0 radical (unpaired) electrons. The van der Waals surface area contributed by atoms with Gasteiger partial charge in [0.05, 0.1) is 16.3 Å². The van der Waals surface area contributed by atoms with Crippen LogP contribution in [0.4, 0.5) is 14.5 Å². The number of hydrogen-bond donors (Lipinski definition) is 1. The molecule has 1 aromatic carbocycles. The molecule has 9 heteroatoms. The summed E-state index contributed by atoms with van der Waals surface area (Å²) in [5.74, 6) is -3.76. The second-order valence-electron chi connectivity index (χ2n) is 3.96. The van der Waals surface area contributed by atoms with Crippen LogP contribution < -0.4 is 5.32 Å². The number of sulfone groups is 2. The van der Waals surface area contributed by atoms with Crippen LogP contribution in [0.5, 0.6) is 0 Å². The Balaban J connectivity index is 2.93. The van der Waals surface area contributed by atoms with Crippen LogP contribution in [0.1, 0.15) is 6.92 Å². The van der Waals surface area contributed by atoms with Gasteiger partial charge in [-0.1, -0.05) is 19.1 Å². The molecule has 0 aliphatic rings. The highest BCUT2D eigenvalue weighted by Crippen LogP contribution is 2.25. The van der Waals surface area contributed by atoms with Crippen LogP contribution in [0.15, 0.2) is 29.2 Å². The highest BCUT2D eigenvalue weighted by molar-refractivity contribution is 7.92. The second kappa shape index (κ2) is 6.49. The summed E-state index contributed by atoms with van der Waals surface area (Å²) in [6.45, 7) is 1.44. The minimum atomic E-state index is -4.72. The first kappa shape index (κ1) is 16.8. The van der Waals surface area contributed by atoms with Crippen molar-refractivity contribution in [2.24, 2.45) is 0 Å². The molecule has 0 unspecified atom stereocenters. The predicted octanol–water partition coefficient (Wildman–Crippen LogP) is 1.53. The molecule has 0 aromatic heterocycles. The van der Waals surface area contributed by atoms with Gasteiger partial charge in [-0.15, -0.1) is 0 Å². The number of alkyl halides is 2. The molecule has 0 bridgehead atoms. The number of anilines is 1. The average molecular weight is 327 g/mol. The first-order chi connectivity index (χ1) is 9.20. The van der Waals surface area contributed by atoms with E-state index < -0.39 is 30.3 Å². The fourth-order valence-corrected chi connectivity index (χ4v) is 3.05. The molecule has 114 valence electrons. The van der Waals surface area contributed by atoms with Crippen LogP contribution in [0.3, 0.4) is 0 Å². The van der Waals surface area contributed by atoms with Gasteiger partial charge in [-0.25, -0.2) is 16.8 Å². The number of hydrogen-bond acceptors (Lipinski definition) is 5. The summed E-state index contributed by atoms with van der Waals surface area (Å²) in [6, 6.07) is 5.16. The lowest BCUT2D eigenvalue weighted by molar-refractivity contribution is 0.235. The van der Waals surface area contributed by atoms with Gasteiger partial charge in [-0.05, 0) is 12.1 Å². The molecule has 1 aromatic rings. The molecule has 20 heavy (non-hydrogen) atoms. The molecule has 5 nitrogen and oxygen atoms in total. The molecule has 0 spiro atoms. The third-order valence-corrected chi connectivity index (χ3v) is 5.74. The molecule has 0 saturated carbocycles. The van der Waals surface area contributed by atoms with Crippen molar-refractivity contribution in [3.05, 3.63) is 24.3 Å². The molecule has 1 rings (SSSR count). The van der Waals surface area contributed by atoms with Crippen LogP contribution in [0, 0.1) is 0 Å². The lowest BCUT2D eigenvalue weighted by atomic mass is 10.3. The van der Waals surface area contributed by atoms with Crippen LogP contribution in [0.25, 0.3) is 0 Å². The van der Waals surface area contributed by atoms with Crippen molar-refractivity contribution in [3.63, 3.8) is 0 Å². The van der Waals surface area contributed by atoms with Crippen molar-refractivity contribution >= 4 is 25.4 Å². The van der Waals surface area contributed by atoms with Gasteiger partial charge in [0, 0.05) is 12.3 Å². The lowest BCUT2D eigenvalue weighted by Crippen LogP contribution is -2.19. The molecule has 1 N–H and O–H groups in total. The normalized spacial score (nSPS) is 12.6. The maximum Gasteiger partial charge on any atom is 0.341 e. The molecule has 0 atom stereocenters. The molecule has 0 aliphatic carbocycles. The summed E-state index contributed by atoms with van der Waals surface area (Å²) < 4.78 is 70.6. The number of para-hydroxylation sites is 1. The van der Waals surface area contributed by atoms with Crippen LogP contribution in [-0.4, -0.2) is 40.6 Å². The van der Waals surface area contributed by atoms with Crippen LogP contribution >= 0.6 is 0 Å². The fourth-order valence-electron chi connectivity index (χ4n) is 1.44. The Morgan fingerprint density at radius 2 is 1.75 bits per heavy atom. The topological polar surface area (TPSA) is 80.3 Å². The van der Waals surface area contributed by atoms with Gasteiger partial charge in [0.1, 0.15) is 0 Å². The first-order valence-corrected chi connectivity index (χ1v) is 9.13. The largest absolute Gasteiger partial charge is 0.383 e. The predicted molar refractivity (Wildman–Crippen MR) is 72.4 cm³/mol. The summed E-state index contributed by atoms with van der Waals surface area (Å²) in [4.78, 5) is -0.538. The Morgan fingerprint density at radius 1 is 1.15 bits per heavy atom. The van der Waals surface area contributed by atoms with Crippen molar-refractivity contribution in [3.8, 4) is 0 Å². The van der Waals surface area contributed by atoms with E-state index in [0.29, 0.717) is 0 Å². The number of halogens is 2. The van der Waals surface area contributed by atoms with Gasteiger partial charge in [0.25, 0.3) is 0 Å². The summed E-state index contributed by atoms with van der Waals surface area (Å²) >= 11 is 0. The lowest BCUT2D eigenvalue weighted by Gasteiger charge is -2.12. The van der Waals surface area contributed by atoms with E-state index in [2.05, 4.69) is 5.32 Å². The highest BCUT2D eigenvalue weighted by Gasteiger charge is 2.28. The number of nitrogens with one attached hydrogen (secondary N) is 1. The third kappa shape index (κ3) is 4.14. The van der Waals surface area contributed by atoms with E-state index in [0.717, 1.165) is 6.07 Å². The van der Waals surface area contributed by atoms with E-state index in [1.165, 1.54) is 25.1 Å². The monoisotopic (exact) mass is 327 g/mol. The zero-order valence-corrected chi connectivity index (χ0v) is 12.3. The van der Waals surface area contributed by atoms with E-state index in [4.69, 9.17) is 0 Å². The molecular weight excluding hydrogens is 312 g/mol. The Morgan fingerprint density at radius 3 is 2.30 bits per heavy atom. The highest BCUT2D eigenvalue weighted by atomic mass is 32.2. The Bertz CT molecular complexity index is 657. The standard InChI is InChI=1S/C11H15F2NO4S2/c1-2-19(15,16)8-7-14-9-5-3-4-6-10(9)20(17,18)11(12)13/h3-6,11,14H,2,7-8H2,1H3. The van der Waals surface area contributed by atoms with Crippen molar-refractivity contribution in [1.82, 2.24) is 0 Å². The Labute approximate surface area is 116 Å². The molecule has 0 aliphatic heterocycles. The fraction of sp³-hybridized carbons (Fsp3) is 0.455. The zero-order chi connectivity index (χ0) is 15.4. The molecular formula is C11H15F2NO4S2. The van der Waals surface area contributed by atoms with Gasteiger partial charge >= 0.3 is 5.76 Å². The van der Waals surface area contributed by atoms with Crippen LogP contribution in [0.2, 0.25) is 0 Å². The second-order valence-corrected chi connectivity index (χ2v) is 8.32. The summed E-state index contributed by atoms with van der Waals surface area (Å²) in [6.07, 6.45) is 0. The minimum Gasteiger partial charge on any atom is -0.383 e. The van der Waals surface area contributed by atoms with Crippen molar-refractivity contribution in [1.29, 1.82) is 0 Å². The summed E-state index contributed by atoms with van der Waals surface area (Å²) in [5.41, 5.74) is -0.0286.